The normalized spacial score (nSPS) is 19.8. The smallest absolute Gasteiger partial charge is 0.320 e. The highest BCUT2D eigenvalue weighted by molar-refractivity contribution is 5.96. The van der Waals surface area contributed by atoms with Crippen molar-refractivity contribution >= 4 is 29.2 Å². The van der Waals surface area contributed by atoms with Crippen LogP contribution in [-0.4, -0.2) is 60.4 Å². The van der Waals surface area contributed by atoms with Crippen LogP contribution in [0.25, 0.3) is 0 Å². The van der Waals surface area contributed by atoms with Crippen molar-refractivity contribution in [2.24, 2.45) is 5.92 Å². The van der Waals surface area contributed by atoms with Gasteiger partial charge in [0.15, 0.2) is 0 Å². The third-order valence-corrected chi connectivity index (χ3v) is 5.85. The zero-order chi connectivity index (χ0) is 20.8. The van der Waals surface area contributed by atoms with E-state index in [4.69, 9.17) is 0 Å². The molecule has 0 radical (unpaired) electrons. The Labute approximate surface area is 173 Å². The highest BCUT2D eigenvalue weighted by Gasteiger charge is 2.30. The lowest BCUT2D eigenvalue weighted by molar-refractivity contribution is -0.121. The Morgan fingerprint density at radius 1 is 1.14 bits per heavy atom. The van der Waals surface area contributed by atoms with E-state index in [0.29, 0.717) is 38.3 Å². The number of amides is 4. The number of urea groups is 1. The Hall–Kier alpha value is -2.57. The van der Waals surface area contributed by atoms with Crippen molar-refractivity contribution in [3.63, 3.8) is 0 Å². The summed E-state index contributed by atoms with van der Waals surface area (Å²) < 4.78 is 0. The Morgan fingerprint density at radius 2 is 1.93 bits per heavy atom. The first-order valence-corrected chi connectivity index (χ1v) is 10.8. The molecule has 0 aliphatic carbocycles. The van der Waals surface area contributed by atoms with Gasteiger partial charge in [0.1, 0.15) is 0 Å². The molecule has 2 aliphatic heterocycles. The van der Waals surface area contributed by atoms with Crippen LogP contribution in [0.4, 0.5) is 16.2 Å². The molecule has 0 saturated carbocycles. The van der Waals surface area contributed by atoms with Gasteiger partial charge in [0.25, 0.3) is 0 Å². The van der Waals surface area contributed by atoms with Gasteiger partial charge in [-0.15, -0.1) is 0 Å². The summed E-state index contributed by atoms with van der Waals surface area (Å²) in [6, 6.07) is 7.49. The molecule has 2 saturated heterocycles. The van der Waals surface area contributed by atoms with Crippen molar-refractivity contribution < 1.29 is 14.4 Å². The topological polar surface area (TPSA) is 73.0 Å². The van der Waals surface area contributed by atoms with Crippen molar-refractivity contribution in [3.05, 3.63) is 24.3 Å². The van der Waals surface area contributed by atoms with Gasteiger partial charge in [0.2, 0.25) is 11.8 Å². The molecular formula is C22H32N4O3. The molecule has 3 rings (SSSR count). The quantitative estimate of drug-likeness (QED) is 0.824. The SMILES string of the molecule is CCN(CC)C(=O)N1CCC[C@@H](C(=O)Nc2cccc(N3CCCCC3=O)c2)C1. The Balaban J connectivity index is 1.63. The maximum absolute atomic E-state index is 12.9. The number of nitrogens with one attached hydrogen (secondary N) is 1. The number of anilines is 2. The Morgan fingerprint density at radius 3 is 2.66 bits per heavy atom. The van der Waals surface area contributed by atoms with Gasteiger partial charge in [0, 0.05) is 50.5 Å². The van der Waals surface area contributed by atoms with Crippen LogP contribution in [0.2, 0.25) is 0 Å². The molecule has 0 bridgehead atoms. The standard InChI is InChI=1S/C22H32N4O3/c1-3-24(4-2)22(29)25-13-8-9-17(16-25)21(28)23-18-10-7-11-19(15-18)26-14-6-5-12-20(26)27/h7,10-11,15,17H,3-6,8-9,12-14,16H2,1-2H3,(H,23,28)/t17-/m1/s1. The highest BCUT2D eigenvalue weighted by Crippen LogP contribution is 2.25. The zero-order valence-electron chi connectivity index (χ0n) is 17.5. The largest absolute Gasteiger partial charge is 0.326 e. The molecule has 1 N–H and O–H groups in total. The second-order valence-corrected chi connectivity index (χ2v) is 7.78. The number of likely N-dealkylation sites (tertiary alicyclic amines) is 1. The summed E-state index contributed by atoms with van der Waals surface area (Å²) in [5.74, 6) is -0.148. The number of carbonyl (C=O) groups is 3. The summed E-state index contributed by atoms with van der Waals surface area (Å²) in [6.07, 6.45) is 4.12. The fourth-order valence-corrected chi connectivity index (χ4v) is 4.13. The van der Waals surface area contributed by atoms with Gasteiger partial charge in [-0.2, -0.15) is 0 Å². The van der Waals surface area contributed by atoms with Gasteiger partial charge in [-0.3, -0.25) is 9.59 Å². The minimum Gasteiger partial charge on any atom is -0.326 e. The fraction of sp³-hybridized carbons (Fsp3) is 0.591. The van der Waals surface area contributed by atoms with Gasteiger partial charge in [-0.25, -0.2) is 4.79 Å². The van der Waals surface area contributed by atoms with E-state index < -0.39 is 0 Å². The van der Waals surface area contributed by atoms with E-state index in [1.54, 1.807) is 14.7 Å². The van der Waals surface area contributed by atoms with Gasteiger partial charge in [0.05, 0.1) is 5.92 Å². The first kappa shape index (κ1) is 21.1. The second kappa shape index (κ2) is 9.76. The van der Waals surface area contributed by atoms with Gasteiger partial charge < -0.3 is 20.0 Å². The van der Waals surface area contributed by atoms with E-state index in [2.05, 4.69) is 5.32 Å². The van der Waals surface area contributed by atoms with Crippen LogP contribution in [0.1, 0.15) is 46.0 Å². The van der Waals surface area contributed by atoms with Crippen molar-refractivity contribution in [3.8, 4) is 0 Å². The van der Waals surface area contributed by atoms with E-state index >= 15 is 0 Å². The third kappa shape index (κ3) is 5.08. The maximum Gasteiger partial charge on any atom is 0.320 e. The van der Waals surface area contributed by atoms with E-state index in [9.17, 15) is 14.4 Å². The van der Waals surface area contributed by atoms with Gasteiger partial charge >= 0.3 is 6.03 Å². The van der Waals surface area contributed by atoms with Crippen LogP contribution in [0.5, 0.6) is 0 Å². The molecule has 0 unspecified atom stereocenters. The lowest BCUT2D eigenvalue weighted by Crippen LogP contribution is -2.49. The van der Waals surface area contributed by atoms with Crippen LogP contribution in [0.15, 0.2) is 24.3 Å². The molecule has 29 heavy (non-hydrogen) atoms. The first-order chi connectivity index (χ1) is 14.0. The molecule has 1 aromatic rings. The fourth-order valence-electron chi connectivity index (χ4n) is 4.13. The summed E-state index contributed by atoms with van der Waals surface area (Å²) >= 11 is 0. The first-order valence-electron chi connectivity index (χ1n) is 10.8. The Kier molecular flexibility index (Phi) is 7.12. The Bertz CT molecular complexity index is 747. The second-order valence-electron chi connectivity index (χ2n) is 7.78. The number of piperidine rings is 2. The third-order valence-electron chi connectivity index (χ3n) is 5.85. The lowest BCUT2D eigenvalue weighted by atomic mass is 9.97. The average molecular weight is 401 g/mol. The van der Waals surface area contributed by atoms with Crippen molar-refractivity contribution in [1.82, 2.24) is 9.80 Å². The average Bonchev–Trinajstić information content (AvgIpc) is 2.75. The van der Waals surface area contributed by atoms with Gasteiger partial charge in [-0.05, 0) is 57.7 Å². The monoisotopic (exact) mass is 400 g/mol. The molecule has 0 aromatic heterocycles. The maximum atomic E-state index is 12.9. The number of rotatable bonds is 5. The number of nitrogens with zero attached hydrogens (tertiary/aromatic N) is 3. The number of hydrogen-bond donors (Lipinski definition) is 1. The predicted molar refractivity (Wildman–Crippen MR) is 114 cm³/mol. The summed E-state index contributed by atoms with van der Waals surface area (Å²) in [4.78, 5) is 43.0. The molecule has 158 valence electrons. The predicted octanol–water partition coefficient (Wildman–Crippen LogP) is 3.32. The highest BCUT2D eigenvalue weighted by atomic mass is 16.2. The molecule has 0 spiro atoms. The van der Waals surface area contributed by atoms with Crippen LogP contribution in [0.3, 0.4) is 0 Å². The molecule has 4 amide bonds. The summed E-state index contributed by atoms with van der Waals surface area (Å²) in [7, 11) is 0. The zero-order valence-corrected chi connectivity index (χ0v) is 17.5. The van der Waals surface area contributed by atoms with Crippen molar-refractivity contribution in [2.75, 3.05) is 42.9 Å². The van der Waals surface area contributed by atoms with E-state index in [1.807, 2.05) is 38.1 Å². The van der Waals surface area contributed by atoms with E-state index in [0.717, 1.165) is 37.9 Å². The molecule has 1 atom stereocenters. The number of benzene rings is 1. The molecule has 2 fully saturated rings. The van der Waals surface area contributed by atoms with E-state index in [-0.39, 0.29) is 23.8 Å². The van der Waals surface area contributed by atoms with E-state index in [1.165, 1.54) is 0 Å². The van der Waals surface area contributed by atoms with Crippen molar-refractivity contribution in [2.45, 2.75) is 46.0 Å². The van der Waals surface area contributed by atoms with Crippen LogP contribution >= 0.6 is 0 Å². The minimum absolute atomic E-state index is 0.0121. The number of carbonyl (C=O) groups excluding carboxylic acids is 3. The summed E-state index contributed by atoms with van der Waals surface area (Å²) in [6.45, 7) is 7.15. The lowest BCUT2D eigenvalue weighted by Gasteiger charge is -2.35. The van der Waals surface area contributed by atoms with Gasteiger partial charge in [-0.1, -0.05) is 6.07 Å². The molecule has 7 heteroatoms. The van der Waals surface area contributed by atoms with Crippen LogP contribution in [0, 0.1) is 5.92 Å². The molecule has 2 heterocycles. The van der Waals surface area contributed by atoms with Crippen LogP contribution < -0.4 is 10.2 Å². The van der Waals surface area contributed by atoms with Crippen molar-refractivity contribution in [1.29, 1.82) is 0 Å². The summed E-state index contributed by atoms with van der Waals surface area (Å²) in [5, 5.41) is 2.99. The minimum atomic E-state index is -0.219. The molecular weight excluding hydrogens is 368 g/mol. The number of hydrogen-bond acceptors (Lipinski definition) is 3. The molecule has 1 aromatic carbocycles. The molecule has 2 aliphatic rings. The summed E-state index contributed by atoms with van der Waals surface area (Å²) in [5.41, 5.74) is 1.52. The van der Waals surface area contributed by atoms with Crippen LogP contribution in [-0.2, 0) is 9.59 Å². The molecule has 7 nitrogen and oxygen atoms in total.